The van der Waals surface area contributed by atoms with Crippen molar-refractivity contribution in [2.75, 3.05) is 19.6 Å². The van der Waals surface area contributed by atoms with E-state index < -0.39 is 6.04 Å². The van der Waals surface area contributed by atoms with Gasteiger partial charge in [0.15, 0.2) is 5.65 Å². The highest BCUT2D eigenvalue weighted by Gasteiger charge is 2.25. The van der Waals surface area contributed by atoms with E-state index in [2.05, 4.69) is 10.3 Å². The first-order valence-corrected chi connectivity index (χ1v) is 10.6. The summed E-state index contributed by atoms with van der Waals surface area (Å²) in [5, 5.41) is 3.87. The fourth-order valence-electron chi connectivity index (χ4n) is 4.32. The molecule has 0 saturated carbocycles. The van der Waals surface area contributed by atoms with Gasteiger partial charge >= 0.3 is 0 Å². The van der Waals surface area contributed by atoms with Crippen LogP contribution in [0.5, 0.6) is 0 Å². The second-order valence-corrected chi connectivity index (χ2v) is 7.79. The molecule has 30 heavy (non-hydrogen) atoms. The second kappa shape index (κ2) is 8.30. The smallest absolute Gasteiger partial charge is 0.273 e. The van der Waals surface area contributed by atoms with Crippen molar-refractivity contribution in [3.8, 4) is 0 Å². The predicted octanol–water partition coefficient (Wildman–Crippen LogP) is 2.04. The molecule has 3 aromatic rings. The van der Waals surface area contributed by atoms with Crippen LogP contribution in [0.3, 0.4) is 0 Å². The number of rotatable bonds is 7. The van der Waals surface area contributed by atoms with Gasteiger partial charge in [-0.2, -0.15) is 4.98 Å². The number of carbonyl (C=O) groups is 2. The molecule has 158 valence electrons. The van der Waals surface area contributed by atoms with Gasteiger partial charge in [-0.15, -0.1) is 0 Å². The van der Waals surface area contributed by atoms with Crippen LogP contribution in [-0.2, 0) is 9.59 Å². The first-order valence-electron chi connectivity index (χ1n) is 10.6. The summed E-state index contributed by atoms with van der Waals surface area (Å²) in [7, 11) is 0. The average molecular weight is 409 g/mol. The number of hydrogen-bond donors (Lipinski definition) is 1. The zero-order valence-electron chi connectivity index (χ0n) is 17.4. The van der Waals surface area contributed by atoms with Crippen LogP contribution in [0, 0.1) is 6.92 Å². The van der Waals surface area contributed by atoms with E-state index in [4.69, 9.17) is 0 Å². The fraction of sp³-hybridized carbons (Fsp3) is 0.455. The summed E-state index contributed by atoms with van der Waals surface area (Å²) in [5.74, 6) is 0.126. The summed E-state index contributed by atoms with van der Waals surface area (Å²) < 4.78 is 3.80. The summed E-state index contributed by atoms with van der Waals surface area (Å²) >= 11 is 0. The lowest BCUT2D eigenvalue weighted by Crippen LogP contribution is -2.36. The lowest BCUT2D eigenvalue weighted by atomic mass is 10.2. The van der Waals surface area contributed by atoms with Gasteiger partial charge in [0.25, 0.3) is 5.56 Å². The number of benzene rings is 1. The van der Waals surface area contributed by atoms with Gasteiger partial charge in [0.2, 0.25) is 11.8 Å². The Morgan fingerprint density at radius 3 is 2.80 bits per heavy atom. The third-order valence-electron chi connectivity index (χ3n) is 5.75. The topological polar surface area (TPSA) is 88.7 Å². The fourth-order valence-corrected chi connectivity index (χ4v) is 4.32. The van der Waals surface area contributed by atoms with Crippen LogP contribution in [0.4, 0.5) is 0 Å². The third kappa shape index (κ3) is 3.58. The van der Waals surface area contributed by atoms with Crippen LogP contribution in [-0.4, -0.2) is 50.5 Å². The van der Waals surface area contributed by atoms with Crippen LogP contribution in [0.1, 0.15) is 44.3 Å². The molecule has 1 N–H and O–H groups in total. The summed E-state index contributed by atoms with van der Waals surface area (Å²) in [6, 6.07) is 8.74. The van der Waals surface area contributed by atoms with Gasteiger partial charge in [0.05, 0.1) is 5.52 Å². The molecule has 1 atom stereocenters. The van der Waals surface area contributed by atoms with E-state index >= 15 is 0 Å². The Morgan fingerprint density at radius 2 is 2.07 bits per heavy atom. The number of aromatic nitrogens is 3. The molecule has 1 aliphatic rings. The Kier molecular flexibility index (Phi) is 5.57. The van der Waals surface area contributed by atoms with Gasteiger partial charge in [-0.1, -0.05) is 19.1 Å². The number of carbonyl (C=O) groups excluding carboxylic acids is 2. The second-order valence-electron chi connectivity index (χ2n) is 7.79. The first-order chi connectivity index (χ1) is 14.5. The van der Waals surface area contributed by atoms with E-state index in [1.807, 2.05) is 52.2 Å². The van der Waals surface area contributed by atoms with Crippen molar-refractivity contribution in [3.05, 3.63) is 46.4 Å². The van der Waals surface area contributed by atoms with Crippen LogP contribution >= 0.6 is 0 Å². The molecule has 4 rings (SSSR count). The minimum Gasteiger partial charge on any atom is -0.354 e. The molecule has 1 aromatic carbocycles. The van der Waals surface area contributed by atoms with Crippen LogP contribution in [0.2, 0.25) is 0 Å². The molecule has 1 aliphatic heterocycles. The zero-order chi connectivity index (χ0) is 21.3. The van der Waals surface area contributed by atoms with Gasteiger partial charge < -0.3 is 10.2 Å². The summed E-state index contributed by atoms with van der Waals surface area (Å²) in [6.07, 6.45) is 2.88. The number of hydrogen-bond acceptors (Lipinski definition) is 4. The maximum Gasteiger partial charge on any atom is 0.273 e. The Bertz CT molecular complexity index is 1160. The highest BCUT2D eigenvalue weighted by molar-refractivity contribution is 5.94. The average Bonchev–Trinajstić information content (AvgIpc) is 3.28. The number of para-hydroxylation sites is 1. The lowest BCUT2D eigenvalue weighted by Gasteiger charge is -2.21. The van der Waals surface area contributed by atoms with Crippen molar-refractivity contribution in [1.82, 2.24) is 24.4 Å². The number of aryl methyl sites for hydroxylation is 1. The summed E-state index contributed by atoms with van der Waals surface area (Å²) in [5.41, 5.74) is 1.88. The summed E-state index contributed by atoms with van der Waals surface area (Å²) in [6.45, 7) is 5.83. The Balaban J connectivity index is 1.59. The Morgan fingerprint density at radius 1 is 1.27 bits per heavy atom. The van der Waals surface area contributed by atoms with Crippen molar-refractivity contribution < 1.29 is 9.59 Å². The number of nitrogens with one attached hydrogen (secondary N) is 1. The third-order valence-corrected chi connectivity index (χ3v) is 5.75. The molecule has 0 spiro atoms. The normalized spacial score (nSPS) is 15.3. The van der Waals surface area contributed by atoms with Crippen LogP contribution < -0.4 is 10.9 Å². The number of amides is 2. The van der Waals surface area contributed by atoms with Crippen molar-refractivity contribution in [2.24, 2.45) is 0 Å². The van der Waals surface area contributed by atoms with E-state index in [0.717, 1.165) is 36.0 Å². The van der Waals surface area contributed by atoms with Crippen LogP contribution in [0.15, 0.2) is 35.1 Å². The molecular formula is C22H27N5O3. The van der Waals surface area contributed by atoms with E-state index in [1.54, 1.807) is 0 Å². The highest BCUT2D eigenvalue weighted by Crippen LogP contribution is 2.26. The maximum absolute atomic E-state index is 13.1. The number of likely N-dealkylation sites (tertiary alicyclic amines) is 1. The quantitative estimate of drug-likeness (QED) is 0.605. The molecule has 0 bridgehead atoms. The molecule has 8 nitrogen and oxygen atoms in total. The Labute approximate surface area is 174 Å². The number of fused-ring (bicyclic) bond motifs is 3. The molecule has 3 heterocycles. The Hall–Kier alpha value is -3.16. The number of nitrogens with zero attached hydrogens (tertiary/aromatic N) is 4. The van der Waals surface area contributed by atoms with Crippen molar-refractivity contribution in [2.45, 2.75) is 45.6 Å². The molecule has 2 aromatic heterocycles. The van der Waals surface area contributed by atoms with Crippen molar-refractivity contribution in [3.63, 3.8) is 0 Å². The molecule has 0 aliphatic carbocycles. The maximum atomic E-state index is 13.1. The highest BCUT2D eigenvalue weighted by atomic mass is 16.2. The molecule has 0 radical (unpaired) electrons. The summed E-state index contributed by atoms with van der Waals surface area (Å²) in [4.78, 5) is 42.9. The monoisotopic (exact) mass is 409 g/mol. The van der Waals surface area contributed by atoms with Crippen molar-refractivity contribution in [1.29, 1.82) is 0 Å². The predicted molar refractivity (Wildman–Crippen MR) is 114 cm³/mol. The minimum atomic E-state index is -0.441. The van der Waals surface area contributed by atoms with Gasteiger partial charge in [0, 0.05) is 43.2 Å². The molecular weight excluding hydrogens is 382 g/mol. The molecule has 0 unspecified atom stereocenters. The lowest BCUT2D eigenvalue weighted by molar-refractivity contribution is -0.127. The standard InChI is InChI=1S/C22H27N5O3/c1-3-17(22(30)23-11-7-13-25-12-6-10-20(25)29)27-18-9-5-4-8-16(18)21-24-19(28)14-15(2)26(21)27/h4-5,8-9,14,17H,3,6-7,10-13H2,1-2H3,(H,23,30)/t17-/m0/s1. The van der Waals surface area contributed by atoms with E-state index in [0.29, 0.717) is 31.6 Å². The van der Waals surface area contributed by atoms with Crippen molar-refractivity contribution >= 4 is 28.4 Å². The van der Waals surface area contributed by atoms with E-state index in [9.17, 15) is 14.4 Å². The first kappa shape index (κ1) is 20.1. The van der Waals surface area contributed by atoms with E-state index in [-0.39, 0.29) is 17.4 Å². The largest absolute Gasteiger partial charge is 0.354 e. The van der Waals surface area contributed by atoms with Gasteiger partial charge in [-0.05, 0) is 38.3 Å². The molecule has 1 saturated heterocycles. The minimum absolute atomic E-state index is 0.0778. The van der Waals surface area contributed by atoms with Gasteiger partial charge in [-0.25, -0.2) is 4.52 Å². The molecule has 8 heteroatoms. The molecule has 2 amide bonds. The molecule has 1 fully saturated rings. The van der Waals surface area contributed by atoms with Gasteiger partial charge in [0.1, 0.15) is 6.04 Å². The van der Waals surface area contributed by atoms with E-state index in [1.165, 1.54) is 6.07 Å². The van der Waals surface area contributed by atoms with Gasteiger partial charge in [-0.3, -0.25) is 19.1 Å². The zero-order valence-corrected chi connectivity index (χ0v) is 17.4. The SMILES string of the molecule is CC[C@@H](C(=O)NCCCN1CCCC1=O)n1c2ccccc2c2nc(=O)cc(C)n21. The van der Waals surface area contributed by atoms with Crippen LogP contribution in [0.25, 0.3) is 16.6 Å².